The molecule has 0 aromatic carbocycles. The topological polar surface area (TPSA) is 51.0 Å². The molecule has 1 aromatic heterocycles. The molecule has 2 unspecified atom stereocenters. The number of nitrogens with zero attached hydrogens (tertiary/aromatic N) is 2. The molecule has 2 heterocycles. The Morgan fingerprint density at radius 3 is 2.88 bits per heavy atom. The van der Waals surface area contributed by atoms with Crippen molar-refractivity contribution in [2.24, 2.45) is 0 Å². The Labute approximate surface area is 103 Å². The summed E-state index contributed by atoms with van der Waals surface area (Å²) in [5.41, 5.74) is -0.0482. The van der Waals surface area contributed by atoms with Crippen LogP contribution in [0, 0.1) is 0 Å². The van der Waals surface area contributed by atoms with Gasteiger partial charge in [-0.25, -0.2) is 0 Å². The van der Waals surface area contributed by atoms with E-state index in [1.807, 2.05) is 0 Å². The molecule has 1 N–H and O–H groups in total. The van der Waals surface area contributed by atoms with E-state index in [-0.39, 0.29) is 5.54 Å². The molecule has 0 saturated carbocycles. The van der Waals surface area contributed by atoms with Gasteiger partial charge >= 0.3 is 0 Å². The van der Waals surface area contributed by atoms with Gasteiger partial charge < -0.3 is 9.84 Å². The van der Waals surface area contributed by atoms with Crippen LogP contribution in [0.3, 0.4) is 0 Å². The first-order valence-corrected chi connectivity index (χ1v) is 6.81. The summed E-state index contributed by atoms with van der Waals surface area (Å²) < 4.78 is 5.50. The minimum absolute atomic E-state index is 0.0482. The van der Waals surface area contributed by atoms with E-state index in [1.165, 1.54) is 6.42 Å². The van der Waals surface area contributed by atoms with Crippen LogP contribution in [-0.2, 0) is 5.54 Å². The molecule has 4 nitrogen and oxygen atoms in total. The SMILES string of the molecule is CCCC1(c2nc(C(C)CC)no2)CCCN1. The predicted octanol–water partition coefficient (Wildman–Crippen LogP) is 2.96. The molecule has 0 spiro atoms. The molecule has 0 bridgehead atoms. The third kappa shape index (κ3) is 2.37. The maximum absolute atomic E-state index is 5.50. The molecule has 0 radical (unpaired) electrons. The molecular weight excluding hydrogens is 214 g/mol. The van der Waals surface area contributed by atoms with Crippen LogP contribution < -0.4 is 5.32 Å². The van der Waals surface area contributed by atoms with Crippen LogP contribution >= 0.6 is 0 Å². The summed E-state index contributed by atoms with van der Waals surface area (Å²) in [6, 6.07) is 0. The highest BCUT2D eigenvalue weighted by atomic mass is 16.5. The molecule has 1 aliphatic heterocycles. The van der Waals surface area contributed by atoms with Gasteiger partial charge in [0.2, 0.25) is 5.89 Å². The van der Waals surface area contributed by atoms with Crippen molar-refractivity contribution in [3.63, 3.8) is 0 Å². The standard InChI is InChI=1S/C13H23N3O/c1-4-7-13(8-6-9-14-13)12-15-11(16-17-12)10(3)5-2/h10,14H,4-9H2,1-3H3. The second-order valence-electron chi connectivity index (χ2n) is 5.13. The first-order chi connectivity index (χ1) is 8.22. The summed E-state index contributed by atoms with van der Waals surface area (Å²) >= 11 is 0. The number of aromatic nitrogens is 2. The van der Waals surface area contributed by atoms with Gasteiger partial charge in [0.05, 0.1) is 5.54 Å². The maximum atomic E-state index is 5.50. The fourth-order valence-corrected chi connectivity index (χ4v) is 2.55. The third-order valence-electron chi connectivity index (χ3n) is 3.82. The molecule has 1 aliphatic rings. The quantitative estimate of drug-likeness (QED) is 0.855. The van der Waals surface area contributed by atoms with E-state index in [9.17, 15) is 0 Å². The Morgan fingerprint density at radius 2 is 2.29 bits per heavy atom. The van der Waals surface area contributed by atoms with Crippen molar-refractivity contribution < 1.29 is 4.52 Å². The lowest BCUT2D eigenvalue weighted by Gasteiger charge is -2.24. The fraction of sp³-hybridized carbons (Fsp3) is 0.846. The first kappa shape index (κ1) is 12.6. The summed E-state index contributed by atoms with van der Waals surface area (Å²) in [5, 5.41) is 7.69. The van der Waals surface area contributed by atoms with Crippen molar-refractivity contribution >= 4 is 0 Å². The van der Waals surface area contributed by atoms with Crippen LogP contribution in [0.2, 0.25) is 0 Å². The van der Waals surface area contributed by atoms with E-state index in [1.54, 1.807) is 0 Å². The lowest BCUT2D eigenvalue weighted by molar-refractivity contribution is 0.240. The van der Waals surface area contributed by atoms with Crippen LogP contribution in [0.25, 0.3) is 0 Å². The molecule has 2 rings (SSSR count). The Morgan fingerprint density at radius 1 is 1.47 bits per heavy atom. The van der Waals surface area contributed by atoms with Gasteiger partial charge in [0.25, 0.3) is 0 Å². The molecule has 0 amide bonds. The lowest BCUT2D eigenvalue weighted by Crippen LogP contribution is -2.37. The summed E-state index contributed by atoms with van der Waals surface area (Å²) in [6.07, 6.45) is 5.57. The van der Waals surface area contributed by atoms with E-state index < -0.39 is 0 Å². The largest absolute Gasteiger partial charge is 0.337 e. The Hall–Kier alpha value is -0.900. The van der Waals surface area contributed by atoms with Gasteiger partial charge in [-0.15, -0.1) is 0 Å². The van der Waals surface area contributed by atoms with Gasteiger partial charge in [-0.05, 0) is 32.2 Å². The van der Waals surface area contributed by atoms with E-state index in [0.29, 0.717) is 5.92 Å². The smallest absolute Gasteiger partial charge is 0.246 e. The number of rotatable bonds is 5. The first-order valence-electron chi connectivity index (χ1n) is 6.81. The van der Waals surface area contributed by atoms with Crippen molar-refractivity contribution in [1.29, 1.82) is 0 Å². The highest BCUT2D eigenvalue weighted by molar-refractivity contribution is 5.07. The van der Waals surface area contributed by atoms with Gasteiger partial charge in [-0.3, -0.25) is 0 Å². The van der Waals surface area contributed by atoms with Crippen molar-refractivity contribution in [2.45, 2.75) is 64.3 Å². The third-order valence-corrected chi connectivity index (χ3v) is 3.82. The van der Waals surface area contributed by atoms with Gasteiger partial charge in [0.1, 0.15) is 0 Å². The van der Waals surface area contributed by atoms with Gasteiger partial charge in [0, 0.05) is 5.92 Å². The molecule has 2 atom stereocenters. The average Bonchev–Trinajstić information content (AvgIpc) is 2.97. The molecule has 17 heavy (non-hydrogen) atoms. The molecule has 0 aliphatic carbocycles. The lowest BCUT2D eigenvalue weighted by atomic mass is 9.92. The minimum Gasteiger partial charge on any atom is -0.337 e. The Balaban J connectivity index is 2.22. The summed E-state index contributed by atoms with van der Waals surface area (Å²) in [4.78, 5) is 4.61. The fourth-order valence-electron chi connectivity index (χ4n) is 2.55. The monoisotopic (exact) mass is 237 g/mol. The average molecular weight is 237 g/mol. The molecule has 96 valence electrons. The molecular formula is C13H23N3O. The van der Waals surface area contributed by atoms with Crippen LogP contribution in [0.4, 0.5) is 0 Å². The maximum Gasteiger partial charge on any atom is 0.246 e. The Bertz CT molecular complexity index is 355. The van der Waals surface area contributed by atoms with E-state index >= 15 is 0 Å². The van der Waals surface area contributed by atoms with E-state index in [2.05, 4.69) is 36.2 Å². The van der Waals surface area contributed by atoms with Crippen LogP contribution in [-0.4, -0.2) is 16.7 Å². The van der Waals surface area contributed by atoms with Gasteiger partial charge in [-0.1, -0.05) is 32.3 Å². The number of nitrogens with one attached hydrogen (secondary N) is 1. The zero-order chi connectivity index (χ0) is 12.3. The van der Waals surface area contributed by atoms with Crippen molar-refractivity contribution in [3.8, 4) is 0 Å². The summed E-state index contributed by atoms with van der Waals surface area (Å²) in [6.45, 7) is 7.55. The van der Waals surface area contributed by atoms with Crippen molar-refractivity contribution in [2.75, 3.05) is 6.54 Å². The van der Waals surface area contributed by atoms with Gasteiger partial charge in [0.15, 0.2) is 5.82 Å². The number of hydrogen-bond acceptors (Lipinski definition) is 4. The van der Waals surface area contributed by atoms with Gasteiger partial charge in [-0.2, -0.15) is 4.98 Å². The normalized spacial score (nSPS) is 26.3. The second-order valence-corrected chi connectivity index (χ2v) is 5.13. The highest BCUT2D eigenvalue weighted by Gasteiger charge is 2.39. The second kappa shape index (κ2) is 5.17. The van der Waals surface area contributed by atoms with Crippen molar-refractivity contribution in [1.82, 2.24) is 15.5 Å². The highest BCUT2D eigenvalue weighted by Crippen LogP contribution is 2.34. The predicted molar refractivity (Wildman–Crippen MR) is 66.8 cm³/mol. The van der Waals surface area contributed by atoms with Crippen LogP contribution in [0.5, 0.6) is 0 Å². The number of hydrogen-bond donors (Lipinski definition) is 1. The zero-order valence-corrected chi connectivity index (χ0v) is 11.1. The Kier molecular flexibility index (Phi) is 3.82. The van der Waals surface area contributed by atoms with E-state index in [0.717, 1.165) is 43.9 Å². The van der Waals surface area contributed by atoms with Crippen molar-refractivity contribution in [3.05, 3.63) is 11.7 Å². The minimum atomic E-state index is -0.0482. The summed E-state index contributed by atoms with van der Waals surface area (Å²) in [7, 11) is 0. The van der Waals surface area contributed by atoms with Crippen LogP contribution in [0.15, 0.2) is 4.52 Å². The molecule has 1 aromatic rings. The van der Waals surface area contributed by atoms with Crippen LogP contribution in [0.1, 0.15) is 70.5 Å². The molecule has 1 fully saturated rings. The zero-order valence-electron chi connectivity index (χ0n) is 11.1. The van der Waals surface area contributed by atoms with E-state index in [4.69, 9.17) is 4.52 Å². The summed E-state index contributed by atoms with van der Waals surface area (Å²) in [5.74, 6) is 2.03. The molecule has 1 saturated heterocycles. The molecule has 4 heteroatoms.